The summed E-state index contributed by atoms with van der Waals surface area (Å²) in [5.74, 6) is -0.313. The number of hydrogen-bond donors (Lipinski definition) is 3. The quantitative estimate of drug-likeness (QED) is 0.780. The summed E-state index contributed by atoms with van der Waals surface area (Å²) >= 11 is 3.29. The third-order valence-electron chi connectivity index (χ3n) is 2.69. The minimum absolute atomic E-state index is 0.219. The van der Waals surface area contributed by atoms with Crippen LogP contribution in [0.25, 0.3) is 0 Å². The van der Waals surface area contributed by atoms with Gasteiger partial charge < -0.3 is 15.5 Å². The van der Waals surface area contributed by atoms with Crippen molar-refractivity contribution in [2.45, 2.75) is 25.4 Å². The van der Waals surface area contributed by atoms with Crippen LogP contribution < -0.4 is 5.32 Å². The van der Waals surface area contributed by atoms with Crippen molar-refractivity contribution in [1.29, 1.82) is 0 Å². The largest absolute Gasteiger partial charge is 0.394 e. The summed E-state index contributed by atoms with van der Waals surface area (Å²) in [5.41, 5.74) is -0.332. The predicted octanol–water partition coefficient (Wildman–Crippen LogP) is 1.98. The molecule has 0 amide bonds. The summed E-state index contributed by atoms with van der Waals surface area (Å²) < 4.78 is 14.4. The maximum Gasteiger partial charge on any atom is 0.128 e. The molecule has 1 aromatic rings. The molecule has 0 aromatic heterocycles. The molecule has 1 rings (SSSR count). The van der Waals surface area contributed by atoms with Crippen LogP contribution in [-0.4, -0.2) is 29.0 Å². The lowest BCUT2D eigenvalue weighted by molar-refractivity contribution is 0.0953. The highest BCUT2D eigenvalue weighted by Gasteiger charge is 2.25. The number of aliphatic hydroxyl groups is 2. The molecule has 0 aliphatic heterocycles. The second kappa shape index (κ2) is 5.91. The van der Waals surface area contributed by atoms with Crippen molar-refractivity contribution >= 4 is 15.9 Å². The van der Waals surface area contributed by atoms with Crippen LogP contribution in [0.15, 0.2) is 22.7 Å². The monoisotopic (exact) mass is 305 g/mol. The first-order valence-electron chi connectivity index (χ1n) is 5.36. The van der Waals surface area contributed by atoms with Crippen LogP contribution in [0.4, 0.5) is 4.39 Å². The van der Waals surface area contributed by atoms with Crippen LogP contribution in [0.3, 0.4) is 0 Å². The zero-order chi connectivity index (χ0) is 13.1. The maximum atomic E-state index is 13.6. The standard InChI is InChI=1S/C12H17BrFNO2/c1-8(15-12(2,6-16)7-17)10-5-9(13)3-4-11(10)14/h3-5,8,15-17H,6-7H2,1-2H3. The van der Waals surface area contributed by atoms with Crippen molar-refractivity contribution in [3.63, 3.8) is 0 Å². The zero-order valence-electron chi connectivity index (χ0n) is 9.87. The van der Waals surface area contributed by atoms with E-state index >= 15 is 0 Å². The minimum Gasteiger partial charge on any atom is -0.394 e. The van der Waals surface area contributed by atoms with Gasteiger partial charge in [-0.15, -0.1) is 0 Å². The molecule has 1 atom stereocenters. The van der Waals surface area contributed by atoms with Gasteiger partial charge in [-0.1, -0.05) is 15.9 Å². The average molecular weight is 306 g/mol. The molecule has 96 valence electrons. The smallest absolute Gasteiger partial charge is 0.128 e. The van der Waals surface area contributed by atoms with Gasteiger partial charge in [-0.25, -0.2) is 4.39 Å². The normalized spacial score (nSPS) is 13.8. The van der Waals surface area contributed by atoms with E-state index in [0.717, 1.165) is 4.47 Å². The fourth-order valence-electron chi connectivity index (χ4n) is 1.59. The van der Waals surface area contributed by atoms with Crippen molar-refractivity contribution in [3.05, 3.63) is 34.1 Å². The second-order valence-corrected chi connectivity index (χ2v) is 5.32. The van der Waals surface area contributed by atoms with E-state index in [2.05, 4.69) is 21.2 Å². The Labute approximate surface area is 109 Å². The Kier molecular flexibility index (Phi) is 5.06. The summed E-state index contributed by atoms with van der Waals surface area (Å²) in [6.45, 7) is 3.03. The molecular weight excluding hydrogens is 289 g/mol. The summed E-state index contributed by atoms with van der Waals surface area (Å²) in [6.07, 6.45) is 0. The van der Waals surface area contributed by atoms with Gasteiger partial charge in [0.15, 0.2) is 0 Å². The molecule has 0 aliphatic rings. The molecule has 1 aromatic carbocycles. The van der Waals surface area contributed by atoms with Gasteiger partial charge >= 0.3 is 0 Å². The topological polar surface area (TPSA) is 52.5 Å². The van der Waals surface area contributed by atoms with E-state index in [-0.39, 0.29) is 25.1 Å². The molecule has 3 N–H and O–H groups in total. The third kappa shape index (κ3) is 3.74. The number of benzene rings is 1. The predicted molar refractivity (Wildman–Crippen MR) is 68.2 cm³/mol. The summed E-state index contributed by atoms with van der Waals surface area (Å²) in [5, 5.41) is 21.4. The number of hydrogen-bond acceptors (Lipinski definition) is 3. The van der Waals surface area contributed by atoms with E-state index in [1.54, 1.807) is 26.0 Å². The third-order valence-corrected chi connectivity index (χ3v) is 3.18. The first kappa shape index (κ1) is 14.6. The maximum absolute atomic E-state index is 13.6. The Balaban J connectivity index is 2.89. The molecule has 5 heteroatoms. The lowest BCUT2D eigenvalue weighted by atomic mass is 10.0. The molecule has 0 heterocycles. The highest BCUT2D eigenvalue weighted by atomic mass is 79.9. The molecule has 17 heavy (non-hydrogen) atoms. The molecule has 3 nitrogen and oxygen atoms in total. The van der Waals surface area contributed by atoms with E-state index in [9.17, 15) is 14.6 Å². The van der Waals surface area contributed by atoms with Gasteiger partial charge in [-0.2, -0.15) is 0 Å². The second-order valence-electron chi connectivity index (χ2n) is 4.41. The molecule has 1 unspecified atom stereocenters. The molecule has 0 saturated carbocycles. The summed E-state index contributed by atoms with van der Waals surface area (Å²) in [7, 11) is 0. The van der Waals surface area contributed by atoms with Gasteiger partial charge in [0, 0.05) is 16.1 Å². The molecule has 0 spiro atoms. The van der Waals surface area contributed by atoms with Gasteiger partial charge in [0.2, 0.25) is 0 Å². The van der Waals surface area contributed by atoms with Gasteiger partial charge in [0.05, 0.1) is 18.8 Å². The van der Waals surface area contributed by atoms with Crippen LogP contribution in [0.2, 0.25) is 0 Å². The molecule has 0 fully saturated rings. The van der Waals surface area contributed by atoms with Gasteiger partial charge in [0.25, 0.3) is 0 Å². The SMILES string of the molecule is CC(NC(C)(CO)CO)c1cc(Br)ccc1F. The highest BCUT2D eigenvalue weighted by molar-refractivity contribution is 9.10. The van der Waals surface area contributed by atoms with E-state index in [1.165, 1.54) is 6.07 Å². The van der Waals surface area contributed by atoms with Crippen LogP contribution in [-0.2, 0) is 0 Å². The first-order valence-corrected chi connectivity index (χ1v) is 6.15. The first-order chi connectivity index (χ1) is 7.91. The molecule has 0 radical (unpaired) electrons. The Morgan fingerprint density at radius 2 is 2.00 bits per heavy atom. The van der Waals surface area contributed by atoms with Crippen LogP contribution in [0.5, 0.6) is 0 Å². The van der Waals surface area contributed by atoms with Gasteiger partial charge in [0.1, 0.15) is 5.82 Å². The number of rotatable bonds is 5. The zero-order valence-corrected chi connectivity index (χ0v) is 11.5. The number of halogens is 2. The Morgan fingerprint density at radius 3 is 2.53 bits per heavy atom. The van der Waals surface area contributed by atoms with Crippen molar-refractivity contribution in [2.24, 2.45) is 0 Å². The van der Waals surface area contributed by atoms with E-state index in [0.29, 0.717) is 5.56 Å². The van der Waals surface area contributed by atoms with Crippen LogP contribution in [0.1, 0.15) is 25.5 Å². The van der Waals surface area contributed by atoms with Crippen molar-refractivity contribution < 1.29 is 14.6 Å². The average Bonchev–Trinajstić information content (AvgIpc) is 2.32. The Morgan fingerprint density at radius 1 is 1.41 bits per heavy atom. The Bertz CT molecular complexity index is 383. The highest BCUT2D eigenvalue weighted by Crippen LogP contribution is 2.23. The van der Waals surface area contributed by atoms with Crippen molar-refractivity contribution in [3.8, 4) is 0 Å². The summed E-state index contributed by atoms with van der Waals surface area (Å²) in [6, 6.07) is 4.38. The van der Waals surface area contributed by atoms with E-state index < -0.39 is 5.54 Å². The fourth-order valence-corrected chi connectivity index (χ4v) is 1.97. The molecular formula is C12H17BrFNO2. The molecule has 0 bridgehead atoms. The summed E-state index contributed by atoms with van der Waals surface area (Å²) in [4.78, 5) is 0. The number of aliphatic hydroxyl groups excluding tert-OH is 2. The van der Waals surface area contributed by atoms with Gasteiger partial charge in [-0.3, -0.25) is 0 Å². The number of nitrogens with one attached hydrogen (secondary N) is 1. The van der Waals surface area contributed by atoms with Crippen LogP contribution >= 0.6 is 15.9 Å². The lowest BCUT2D eigenvalue weighted by Crippen LogP contribution is -2.50. The minimum atomic E-state index is -0.825. The fraction of sp³-hybridized carbons (Fsp3) is 0.500. The van der Waals surface area contributed by atoms with Crippen molar-refractivity contribution in [2.75, 3.05) is 13.2 Å². The lowest BCUT2D eigenvalue weighted by Gasteiger charge is -2.30. The Hall–Kier alpha value is -0.490. The van der Waals surface area contributed by atoms with E-state index in [4.69, 9.17) is 0 Å². The van der Waals surface area contributed by atoms with E-state index in [1.807, 2.05) is 0 Å². The van der Waals surface area contributed by atoms with Gasteiger partial charge in [-0.05, 0) is 32.0 Å². The molecule has 0 saturated heterocycles. The molecule has 0 aliphatic carbocycles. The van der Waals surface area contributed by atoms with Crippen molar-refractivity contribution in [1.82, 2.24) is 5.32 Å². The van der Waals surface area contributed by atoms with Crippen LogP contribution in [0, 0.1) is 5.82 Å².